The normalized spacial score (nSPS) is 11.2. The van der Waals surface area contributed by atoms with E-state index in [-0.39, 0.29) is 5.43 Å². The highest BCUT2D eigenvalue weighted by Gasteiger charge is 2.08. The summed E-state index contributed by atoms with van der Waals surface area (Å²) >= 11 is 0. The Morgan fingerprint density at radius 1 is 1.05 bits per heavy atom. The van der Waals surface area contributed by atoms with Crippen molar-refractivity contribution >= 4 is 16.6 Å². The Balaban J connectivity index is 2.13. The van der Waals surface area contributed by atoms with Gasteiger partial charge < -0.3 is 9.38 Å². The number of nitrogens with one attached hydrogen (secondary N) is 1. The highest BCUT2D eigenvalue weighted by molar-refractivity contribution is 5.91. The van der Waals surface area contributed by atoms with Crippen LogP contribution in [0.4, 0.5) is 0 Å². The van der Waals surface area contributed by atoms with Gasteiger partial charge in [-0.2, -0.15) is 0 Å². The molecule has 0 amide bonds. The fourth-order valence-electron chi connectivity index (χ4n) is 2.47. The molecule has 0 unspecified atom stereocenters. The van der Waals surface area contributed by atoms with Crippen LogP contribution in [0.15, 0.2) is 65.8 Å². The monoisotopic (exact) mass is 261 g/mol. The zero-order valence-corrected chi connectivity index (χ0v) is 10.6. The average Bonchev–Trinajstić information content (AvgIpc) is 2.97. The van der Waals surface area contributed by atoms with Crippen molar-refractivity contribution < 1.29 is 0 Å². The number of hydrogen-bond donors (Lipinski definition) is 1. The standard InChI is InChI=1S/C16H11N3O/c20-14-10-13(11-4-2-1-3-5-11)18-15-12(14)6-8-19-9-7-17-16(15)19/h1-10H,(H,18,20). The van der Waals surface area contributed by atoms with E-state index in [0.29, 0.717) is 5.39 Å². The largest absolute Gasteiger partial charge is 0.351 e. The predicted molar refractivity (Wildman–Crippen MR) is 78.8 cm³/mol. The molecule has 1 N–H and O–H groups in total. The Kier molecular flexibility index (Phi) is 2.23. The van der Waals surface area contributed by atoms with E-state index < -0.39 is 0 Å². The van der Waals surface area contributed by atoms with Gasteiger partial charge in [-0.25, -0.2) is 4.98 Å². The molecule has 0 bridgehead atoms. The molecule has 4 aromatic rings. The number of pyridine rings is 2. The van der Waals surface area contributed by atoms with Gasteiger partial charge in [-0.1, -0.05) is 30.3 Å². The minimum atomic E-state index is 0.00287. The summed E-state index contributed by atoms with van der Waals surface area (Å²) in [6, 6.07) is 13.3. The Bertz CT molecular complexity index is 967. The highest BCUT2D eigenvalue weighted by Crippen LogP contribution is 2.20. The van der Waals surface area contributed by atoms with Crippen LogP contribution in [0.3, 0.4) is 0 Å². The van der Waals surface area contributed by atoms with Crippen LogP contribution >= 0.6 is 0 Å². The lowest BCUT2D eigenvalue weighted by atomic mass is 10.1. The first kappa shape index (κ1) is 11.0. The van der Waals surface area contributed by atoms with Crippen molar-refractivity contribution in [1.29, 1.82) is 0 Å². The van der Waals surface area contributed by atoms with Crippen LogP contribution in [-0.4, -0.2) is 14.4 Å². The van der Waals surface area contributed by atoms with Crippen molar-refractivity contribution in [3.63, 3.8) is 0 Å². The van der Waals surface area contributed by atoms with Crippen molar-refractivity contribution in [3.05, 3.63) is 71.3 Å². The SMILES string of the molecule is O=c1cc(-c2ccccc2)[nH]c2c1ccn1ccnc21. The summed E-state index contributed by atoms with van der Waals surface area (Å²) in [6.07, 6.45) is 5.44. The third kappa shape index (κ3) is 1.55. The minimum absolute atomic E-state index is 0.00287. The molecule has 96 valence electrons. The first-order chi connectivity index (χ1) is 9.83. The molecule has 0 spiro atoms. The number of nitrogens with zero attached hydrogens (tertiary/aromatic N) is 2. The Labute approximate surface area is 114 Å². The number of aromatic nitrogens is 3. The first-order valence-corrected chi connectivity index (χ1v) is 6.37. The van der Waals surface area contributed by atoms with E-state index in [4.69, 9.17) is 0 Å². The topological polar surface area (TPSA) is 50.2 Å². The maximum absolute atomic E-state index is 12.3. The Hall–Kier alpha value is -2.88. The molecule has 0 saturated heterocycles. The van der Waals surface area contributed by atoms with Crippen molar-refractivity contribution in [3.8, 4) is 11.3 Å². The zero-order valence-electron chi connectivity index (χ0n) is 10.6. The lowest BCUT2D eigenvalue weighted by Gasteiger charge is -2.05. The van der Waals surface area contributed by atoms with Crippen LogP contribution in [0.1, 0.15) is 0 Å². The van der Waals surface area contributed by atoms with Gasteiger partial charge >= 0.3 is 0 Å². The van der Waals surface area contributed by atoms with E-state index in [1.165, 1.54) is 0 Å². The summed E-state index contributed by atoms with van der Waals surface area (Å²) in [5, 5.41) is 0.656. The Morgan fingerprint density at radius 2 is 1.90 bits per heavy atom. The highest BCUT2D eigenvalue weighted by atomic mass is 16.1. The smallest absolute Gasteiger partial charge is 0.190 e. The molecule has 4 heteroatoms. The minimum Gasteiger partial charge on any atom is -0.351 e. The fourth-order valence-corrected chi connectivity index (χ4v) is 2.47. The molecule has 20 heavy (non-hydrogen) atoms. The van der Waals surface area contributed by atoms with Crippen molar-refractivity contribution in [1.82, 2.24) is 14.4 Å². The van der Waals surface area contributed by atoms with Gasteiger partial charge in [-0.15, -0.1) is 0 Å². The molecule has 0 aliphatic carbocycles. The Morgan fingerprint density at radius 3 is 2.75 bits per heavy atom. The van der Waals surface area contributed by atoms with Crippen LogP contribution in [0.25, 0.3) is 27.8 Å². The van der Waals surface area contributed by atoms with E-state index in [9.17, 15) is 4.79 Å². The van der Waals surface area contributed by atoms with Gasteiger partial charge in [0, 0.05) is 30.4 Å². The molecule has 3 heterocycles. The molecule has 1 aromatic carbocycles. The third-order valence-electron chi connectivity index (χ3n) is 3.45. The predicted octanol–water partition coefficient (Wildman–Crippen LogP) is 2.84. The van der Waals surface area contributed by atoms with Gasteiger partial charge in [0.15, 0.2) is 11.1 Å². The van der Waals surface area contributed by atoms with E-state index >= 15 is 0 Å². The fraction of sp³-hybridized carbons (Fsp3) is 0. The van der Waals surface area contributed by atoms with Crippen molar-refractivity contribution in [2.75, 3.05) is 0 Å². The number of rotatable bonds is 1. The number of fused-ring (bicyclic) bond motifs is 3. The van der Waals surface area contributed by atoms with E-state index in [1.807, 2.05) is 53.2 Å². The lowest BCUT2D eigenvalue weighted by Crippen LogP contribution is -2.04. The van der Waals surface area contributed by atoms with Gasteiger partial charge in [-0.3, -0.25) is 4.79 Å². The van der Waals surface area contributed by atoms with Gasteiger partial charge in [0.25, 0.3) is 0 Å². The molecule has 4 nitrogen and oxygen atoms in total. The molecular weight excluding hydrogens is 250 g/mol. The number of H-pyrrole nitrogens is 1. The summed E-state index contributed by atoms with van der Waals surface area (Å²) in [6.45, 7) is 0. The second kappa shape index (κ2) is 4.06. The molecule has 4 rings (SSSR count). The second-order valence-electron chi connectivity index (χ2n) is 4.68. The average molecular weight is 261 g/mol. The molecule has 0 radical (unpaired) electrons. The first-order valence-electron chi connectivity index (χ1n) is 6.37. The molecule has 0 fully saturated rings. The summed E-state index contributed by atoms with van der Waals surface area (Å²) in [7, 11) is 0. The molecule has 0 saturated carbocycles. The number of imidazole rings is 1. The van der Waals surface area contributed by atoms with Crippen LogP contribution < -0.4 is 5.43 Å². The second-order valence-corrected chi connectivity index (χ2v) is 4.68. The van der Waals surface area contributed by atoms with E-state index in [0.717, 1.165) is 22.4 Å². The van der Waals surface area contributed by atoms with Crippen molar-refractivity contribution in [2.24, 2.45) is 0 Å². The summed E-state index contributed by atoms with van der Waals surface area (Å²) in [4.78, 5) is 19.9. The maximum atomic E-state index is 12.3. The lowest BCUT2D eigenvalue weighted by molar-refractivity contribution is 1.19. The molecule has 3 aromatic heterocycles. The van der Waals surface area contributed by atoms with Gasteiger partial charge in [-0.05, 0) is 11.6 Å². The van der Waals surface area contributed by atoms with E-state index in [1.54, 1.807) is 12.3 Å². The molecule has 0 atom stereocenters. The van der Waals surface area contributed by atoms with Crippen LogP contribution in [0.2, 0.25) is 0 Å². The number of aromatic amines is 1. The molecular formula is C16H11N3O. The third-order valence-corrected chi connectivity index (χ3v) is 3.45. The zero-order chi connectivity index (χ0) is 13.5. The summed E-state index contributed by atoms with van der Waals surface area (Å²) in [5.74, 6) is 0. The van der Waals surface area contributed by atoms with Gasteiger partial charge in [0.2, 0.25) is 0 Å². The van der Waals surface area contributed by atoms with Crippen LogP contribution in [0.5, 0.6) is 0 Å². The summed E-state index contributed by atoms with van der Waals surface area (Å²) < 4.78 is 1.90. The molecule has 0 aliphatic heterocycles. The van der Waals surface area contributed by atoms with Crippen LogP contribution in [0, 0.1) is 0 Å². The number of hydrogen-bond acceptors (Lipinski definition) is 2. The van der Waals surface area contributed by atoms with Crippen molar-refractivity contribution in [2.45, 2.75) is 0 Å². The molecule has 0 aliphatic rings. The quantitative estimate of drug-likeness (QED) is 0.573. The van der Waals surface area contributed by atoms with Gasteiger partial charge in [0.05, 0.1) is 10.9 Å². The van der Waals surface area contributed by atoms with Gasteiger partial charge in [0.1, 0.15) is 0 Å². The number of benzene rings is 1. The maximum Gasteiger partial charge on any atom is 0.190 e. The summed E-state index contributed by atoms with van der Waals surface area (Å²) in [5.41, 5.74) is 3.32. The van der Waals surface area contributed by atoms with Crippen LogP contribution in [-0.2, 0) is 0 Å². The van der Waals surface area contributed by atoms with E-state index in [2.05, 4.69) is 9.97 Å².